The van der Waals surface area contributed by atoms with Crippen LogP contribution in [0.2, 0.25) is 0 Å². The summed E-state index contributed by atoms with van der Waals surface area (Å²) in [4.78, 5) is 7.38. The van der Waals surface area contributed by atoms with Gasteiger partial charge in [0.15, 0.2) is 5.96 Å². The van der Waals surface area contributed by atoms with E-state index in [1.165, 1.54) is 32.1 Å². The second-order valence-electron chi connectivity index (χ2n) is 7.60. The van der Waals surface area contributed by atoms with Gasteiger partial charge >= 0.3 is 0 Å². The van der Waals surface area contributed by atoms with Gasteiger partial charge in [0.05, 0.1) is 6.10 Å². The van der Waals surface area contributed by atoms with E-state index in [-0.39, 0.29) is 24.0 Å². The van der Waals surface area contributed by atoms with Crippen molar-refractivity contribution in [2.75, 3.05) is 32.8 Å². The number of likely N-dealkylation sites (tertiary alicyclic amines) is 1. The third-order valence-electron chi connectivity index (χ3n) is 6.12. The molecule has 2 aliphatic carbocycles. The van der Waals surface area contributed by atoms with Gasteiger partial charge in [-0.2, -0.15) is 0 Å². The maximum atomic E-state index is 5.76. The average molecular weight is 449 g/mol. The second-order valence-corrected chi connectivity index (χ2v) is 7.60. The minimum absolute atomic E-state index is 0. The van der Waals surface area contributed by atoms with E-state index in [1.54, 1.807) is 0 Å². The van der Waals surface area contributed by atoms with Gasteiger partial charge in [0.2, 0.25) is 0 Å². The van der Waals surface area contributed by atoms with Crippen LogP contribution in [-0.4, -0.2) is 49.7 Å². The molecule has 4 nitrogen and oxygen atoms in total. The highest BCUT2D eigenvalue weighted by Gasteiger charge is 2.38. The Balaban J connectivity index is 0.00000208. The molecule has 1 aliphatic heterocycles. The molecule has 140 valence electrons. The molecule has 5 heteroatoms. The van der Waals surface area contributed by atoms with Crippen molar-refractivity contribution in [1.29, 1.82) is 0 Å². The summed E-state index contributed by atoms with van der Waals surface area (Å²) in [5.41, 5.74) is 0. The molecule has 1 N–H and O–H groups in total. The minimum atomic E-state index is 0. The quantitative estimate of drug-likeness (QED) is 0.380. The molecule has 0 radical (unpaired) electrons. The summed E-state index contributed by atoms with van der Waals surface area (Å²) in [6.07, 6.45) is 10.00. The van der Waals surface area contributed by atoms with Crippen molar-refractivity contribution in [2.24, 2.45) is 22.7 Å². The monoisotopic (exact) mass is 449 g/mol. The molecule has 3 aliphatic rings. The number of nitrogens with one attached hydrogen (secondary N) is 1. The van der Waals surface area contributed by atoms with E-state index < -0.39 is 0 Å². The number of fused-ring (bicyclic) bond motifs is 2. The number of hydrogen-bond donors (Lipinski definition) is 1. The first-order valence-corrected chi connectivity index (χ1v) is 9.95. The van der Waals surface area contributed by atoms with E-state index in [0.29, 0.717) is 6.10 Å². The lowest BCUT2D eigenvalue weighted by molar-refractivity contribution is 0.0263. The van der Waals surface area contributed by atoms with Gasteiger partial charge in [0.1, 0.15) is 0 Å². The van der Waals surface area contributed by atoms with Gasteiger partial charge in [0, 0.05) is 32.8 Å². The van der Waals surface area contributed by atoms with Crippen molar-refractivity contribution in [3.05, 3.63) is 0 Å². The van der Waals surface area contributed by atoms with Crippen LogP contribution >= 0.6 is 24.0 Å². The number of ether oxygens (including phenoxy) is 1. The number of halogens is 1. The highest BCUT2D eigenvalue weighted by molar-refractivity contribution is 14.0. The standard InChI is InChI=1S/C19H35N3O.HI/c1-3-20-19(22-11-8-18(9-12-22)23-4-2)21-10-7-17-14-15-5-6-16(17)13-15;/h15-18H,3-14H2,1-2H3,(H,20,21);1H. The first-order chi connectivity index (χ1) is 11.3. The predicted molar refractivity (Wildman–Crippen MR) is 111 cm³/mol. The van der Waals surface area contributed by atoms with Crippen LogP contribution in [0.4, 0.5) is 0 Å². The molecular formula is C19H36IN3O. The molecule has 0 aromatic carbocycles. The van der Waals surface area contributed by atoms with Crippen LogP contribution in [0.1, 0.15) is 58.8 Å². The van der Waals surface area contributed by atoms with Crippen molar-refractivity contribution in [1.82, 2.24) is 10.2 Å². The maximum Gasteiger partial charge on any atom is 0.193 e. The summed E-state index contributed by atoms with van der Waals surface area (Å²) < 4.78 is 5.76. The largest absolute Gasteiger partial charge is 0.378 e. The fourth-order valence-corrected chi connectivity index (χ4v) is 4.96. The Morgan fingerprint density at radius 3 is 2.50 bits per heavy atom. The van der Waals surface area contributed by atoms with Gasteiger partial charge in [0.25, 0.3) is 0 Å². The average Bonchev–Trinajstić information content (AvgIpc) is 3.18. The summed E-state index contributed by atoms with van der Waals surface area (Å²) >= 11 is 0. The third kappa shape index (κ3) is 5.23. The number of nitrogens with zero attached hydrogens (tertiary/aromatic N) is 2. The molecule has 3 unspecified atom stereocenters. The van der Waals surface area contributed by atoms with Gasteiger partial charge in [-0.3, -0.25) is 4.99 Å². The van der Waals surface area contributed by atoms with E-state index in [9.17, 15) is 0 Å². The van der Waals surface area contributed by atoms with Crippen LogP contribution in [0, 0.1) is 17.8 Å². The topological polar surface area (TPSA) is 36.9 Å². The highest BCUT2D eigenvalue weighted by atomic mass is 127. The Labute approximate surface area is 165 Å². The number of guanidine groups is 1. The lowest BCUT2D eigenvalue weighted by Gasteiger charge is -2.34. The van der Waals surface area contributed by atoms with Gasteiger partial charge < -0.3 is 15.0 Å². The third-order valence-corrected chi connectivity index (χ3v) is 6.12. The van der Waals surface area contributed by atoms with Gasteiger partial charge in [-0.1, -0.05) is 6.42 Å². The molecule has 3 fully saturated rings. The Hall–Kier alpha value is -0.0400. The molecule has 24 heavy (non-hydrogen) atoms. The Morgan fingerprint density at radius 1 is 1.12 bits per heavy atom. The van der Waals surface area contributed by atoms with Crippen molar-refractivity contribution in [3.8, 4) is 0 Å². The highest BCUT2D eigenvalue weighted by Crippen LogP contribution is 2.49. The fraction of sp³-hybridized carbons (Fsp3) is 0.947. The number of hydrogen-bond acceptors (Lipinski definition) is 2. The molecule has 0 aromatic rings. The predicted octanol–water partition coefficient (Wildman–Crippen LogP) is 3.90. The van der Waals surface area contributed by atoms with Gasteiger partial charge in [-0.25, -0.2) is 0 Å². The molecule has 1 saturated heterocycles. The summed E-state index contributed by atoms with van der Waals surface area (Å²) in [6, 6.07) is 0. The first-order valence-electron chi connectivity index (χ1n) is 9.95. The summed E-state index contributed by atoms with van der Waals surface area (Å²) in [5, 5.41) is 3.49. The molecule has 2 bridgehead atoms. The minimum Gasteiger partial charge on any atom is -0.378 e. The SMILES string of the molecule is CCNC(=NCCC1CC2CCC1C2)N1CCC(OCC)CC1.I. The van der Waals surface area contributed by atoms with Gasteiger partial charge in [-0.15, -0.1) is 24.0 Å². The molecule has 0 amide bonds. The van der Waals surface area contributed by atoms with Crippen molar-refractivity contribution >= 4 is 29.9 Å². The summed E-state index contributed by atoms with van der Waals surface area (Å²) in [5.74, 6) is 4.18. The van der Waals surface area contributed by atoms with Crippen molar-refractivity contribution in [3.63, 3.8) is 0 Å². The van der Waals surface area contributed by atoms with Gasteiger partial charge in [-0.05, 0) is 70.1 Å². The zero-order chi connectivity index (χ0) is 16.1. The van der Waals surface area contributed by atoms with Crippen LogP contribution in [0.3, 0.4) is 0 Å². The van der Waals surface area contributed by atoms with E-state index in [4.69, 9.17) is 9.73 Å². The zero-order valence-electron chi connectivity index (χ0n) is 15.5. The van der Waals surface area contributed by atoms with E-state index in [0.717, 1.165) is 69.3 Å². The normalized spacial score (nSPS) is 30.5. The van der Waals surface area contributed by atoms with E-state index in [1.807, 2.05) is 0 Å². The fourth-order valence-electron chi connectivity index (χ4n) is 4.96. The maximum absolute atomic E-state index is 5.76. The molecule has 3 atom stereocenters. The van der Waals surface area contributed by atoms with E-state index >= 15 is 0 Å². The lowest BCUT2D eigenvalue weighted by Crippen LogP contribution is -2.47. The first kappa shape index (κ1) is 20.3. The van der Waals surface area contributed by atoms with Crippen LogP contribution in [0.15, 0.2) is 4.99 Å². The van der Waals surface area contributed by atoms with E-state index in [2.05, 4.69) is 24.1 Å². The zero-order valence-corrected chi connectivity index (χ0v) is 17.8. The molecule has 0 spiro atoms. The number of rotatable bonds is 6. The van der Waals surface area contributed by atoms with Crippen LogP contribution in [0.5, 0.6) is 0 Å². The Morgan fingerprint density at radius 2 is 1.92 bits per heavy atom. The van der Waals surface area contributed by atoms with Crippen molar-refractivity contribution in [2.45, 2.75) is 64.9 Å². The number of piperidine rings is 1. The van der Waals surface area contributed by atoms with Crippen LogP contribution < -0.4 is 5.32 Å². The molecule has 1 heterocycles. The molecule has 3 rings (SSSR count). The smallest absolute Gasteiger partial charge is 0.193 e. The van der Waals surface area contributed by atoms with Crippen molar-refractivity contribution < 1.29 is 4.74 Å². The summed E-state index contributed by atoms with van der Waals surface area (Å²) in [6.45, 7) is 9.20. The Kier molecular flexibility index (Phi) is 8.61. The van der Waals surface area contributed by atoms with Crippen LogP contribution in [-0.2, 0) is 4.74 Å². The van der Waals surface area contributed by atoms with Crippen LogP contribution in [0.25, 0.3) is 0 Å². The summed E-state index contributed by atoms with van der Waals surface area (Å²) in [7, 11) is 0. The Bertz CT molecular complexity index is 396. The number of aliphatic imine (C=N–C) groups is 1. The lowest BCUT2D eigenvalue weighted by atomic mass is 9.86. The molecule has 0 aromatic heterocycles. The molecule has 2 saturated carbocycles. The second kappa shape index (κ2) is 10.2. The molecular weight excluding hydrogens is 413 g/mol.